The molecule has 0 radical (unpaired) electrons. The zero-order chi connectivity index (χ0) is 32.6. The molecule has 4 unspecified atom stereocenters. The van der Waals surface area contributed by atoms with Crippen LogP contribution in [0.3, 0.4) is 0 Å². The summed E-state index contributed by atoms with van der Waals surface area (Å²) in [5.74, 6) is -0.0212. The highest BCUT2D eigenvalue weighted by atomic mass is 16.7. The van der Waals surface area contributed by atoms with Gasteiger partial charge in [-0.2, -0.15) is 0 Å². The van der Waals surface area contributed by atoms with Gasteiger partial charge >= 0.3 is 0 Å². The summed E-state index contributed by atoms with van der Waals surface area (Å²) in [6.07, 6.45) is 9.53. The van der Waals surface area contributed by atoms with Gasteiger partial charge in [0.1, 0.15) is 0 Å². The van der Waals surface area contributed by atoms with E-state index in [2.05, 4.69) is 77.2 Å². The third kappa shape index (κ3) is 8.06. The highest BCUT2D eigenvalue weighted by Gasteiger charge is 2.40. The van der Waals surface area contributed by atoms with E-state index in [-0.39, 0.29) is 30.6 Å². The predicted octanol–water partition coefficient (Wildman–Crippen LogP) is 7.39. The van der Waals surface area contributed by atoms with Gasteiger partial charge in [0, 0.05) is 49.6 Å². The molecule has 4 atom stereocenters. The predicted molar refractivity (Wildman–Crippen MR) is 184 cm³/mol. The molecule has 2 aliphatic rings. The maximum atomic E-state index is 12.5. The molecule has 2 N–H and O–H groups in total. The molecule has 4 aromatic rings. The van der Waals surface area contributed by atoms with Gasteiger partial charge in [-0.05, 0) is 58.9 Å². The Morgan fingerprint density at radius 1 is 0.957 bits per heavy atom. The number of nitrogens with one attached hydrogen (secondary N) is 1. The van der Waals surface area contributed by atoms with Crippen LogP contribution in [0.2, 0.25) is 0 Å². The molecular weight excluding hydrogens is 586 g/mol. The summed E-state index contributed by atoms with van der Waals surface area (Å²) in [7, 11) is 0. The third-order valence-electron chi connectivity index (χ3n) is 9.56. The van der Waals surface area contributed by atoms with E-state index in [1.54, 1.807) is 24.5 Å². The molecule has 0 spiro atoms. The fourth-order valence-corrected chi connectivity index (χ4v) is 6.84. The lowest BCUT2D eigenvalue weighted by Gasteiger charge is -2.43. The van der Waals surface area contributed by atoms with Crippen LogP contribution in [0.15, 0.2) is 110 Å². The van der Waals surface area contributed by atoms with E-state index >= 15 is 0 Å². The van der Waals surface area contributed by atoms with Gasteiger partial charge < -0.3 is 19.9 Å². The Balaban J connectivity index is 1.19. The maximum absolute atomic E-state index is 12.5. The number of amides is 1. The van der Waals surface area contributed by atoms with Crippen LogP contribution in [0.5, 0.6) is 0 Å². The molecule has 3 aromatic carbocycles. The summed E-state index contributed by atoms with van der Waals surface area (Å²) in [5.41, 5.74) is 6.65. The quantitative estimate of drug-likeness (QED) is 0.159. The zero-order valence-corrected chi connectivity index (χ0v) is 27.1. The van der Waals surface area contributed by atoms with Gasteiger partial charge in [-0.1, -0.05) is 92.6 Å². The fourth-order valence-electron chi connectivity index (χ4n) is 6.84. The summed E-state index contributed by atoms with van der Waals surface area (Å²) in [5, 5.41) is 12.6. The zero-order valence-electron chi connectivity index (χ0n) is 27.1. The highest BCUT2D eigenvalue weighted by Crippen LogP contribution is 2.42. The molecule has 2 heterocycles. The Bertz CT molecular complexity index is 1600. The lowest BCUT2D eigenvalue weighted by molar-refractivity contribution is -0.276. The van der Waals surface area contributed by atoms with Crippen molar-refractivity contribution in [1.29, 1.82) is 0 Å². The average molecular weight is 632 g/mol. The second-order valence-corrected chi connectivity index (χ2v) is 12.7. The lowest BCUT2D eigenvalue weighted by atomic mass is 9.89. The molecule has 47 heavy (non-hydrogen) atoms. The number of benzene rings is 3. The number of ether oxygens (including phenoxy) is 2. The van der Waals surface area contributed by atoms with Gasteiger partial charge in [-0.15, -0.1) is 6.58 Å². The van der Waals surface area contributed by atoms with E-state index < -0.39 is 6.29 Å². The number of rotatable bonds is 12. The fraction of sp³-hybridized carbons (Fsp3) is 0.350. The summed E-state index contributed by atoms with van der Waals surface area (Å²) >= 11 is 0. The van der Waals surface area contributed by atoms with Crippen molar-refractivity contribution in [3.05, 3.63) is 138 Å². The minimum atomic E-state index is -0.518. The summed E-state index contributed by atoms with van der Waals surface area (Å²) in [4.78, 5) is 19.1. The van der Waals surface area contributed by atoms with E-state index in [0.29, 0.717) is 18.2 Å². The third-order valence-corrected chi connectivity index (χ3v) is 9.56. The minimum Gasteiger partial charge on any atom is -0.392 e. The molecule has 2 fully saturated rings. The molecule has 0 bridgehead atoms. The number of carbonyl (C=O) groups excluding carboxylic acids is 1. The largest absolute Gasteiger partial charge is 0.392 e. The number of pyridine rings is 1. The molecule has 244 valence electrons. The van der Waals surface area contributed by atoms with Crippen LogP contribution in [0.1, 0.15) is 77.6 Å². The number of hydrogen-bond donors (Lipinski definition) is 2. The molecular formula is C40H45N3O4. The van der Waals surface area contributed by atoms with Crippen molar-refractivity contribution in [3.8, 4) is 11.1 Å². The molecule has 1 aliphatic carbocycles. The topological polar surface area (TPSA) is 83.9 Å². The van der Waals surface area contributed by atoms with E-state index in [1.165, 1.54) is 25.7 Å². The van der Waals surface area contributed by atoms with Crippen LogP contribution in [0.25, 0.3) is 11.1 Å². The van der Waals surface area contributed by atoms with Gasteiger partial charge in [0.15, 0.2) is 6.29 Å². The van der Waals surface area contributed by atoms with Crippen molar-refractivity contribution in [3.63, 3.8) is 0 Å². The normalized spacial score (nSPS) is 21.5. The van der Waals surface area contributed by atoms with Crippen molar-refractivity contribution in [1.82, 2.24) is 15.2 Å². The second kappa shape index (κ2) is 15.6. The van der Waals surface area contributed by atoms with Crippen LogP contribution >= 0.6 is 0 Å². The average Bonchev–Trinajstić information content (AvgIpc) is 3.67. The van der Waals surface area contributed by atoms with Gasteiger partial charge in [0.25, 0.3) is 5.91 Å². The van der Waals surface area contributed by atoms with Crippen molar-refractivity contribution >= 4 is 5.91 Å². The van der Waals surface area contributed by atoms with Crippen LogP contribution < -0.4 is 5.32 Å². The number of aliphatic hydroxyl groups is 1. The first-order valence-electron chi connectivity index (χ1n) is 16.8. The molecule has 1 saturated heterocycles. The van der Waals surface area contributed by atoms with E-state index in [1.807, 2.05) is 30.3 Å². The first-order valence-corrected chi connectivity index (χ1v) is 16.8. The van der Waals surface area contributed by atoms with Crippen molar-refractivity contribution in [2.45, 2.75) is 70.3 Å². The molecule has 1 saturated carbocycles. The molecule has 1 aliphatic heterocycles. The number of nitrogens with zero attached hydrogens (tertiary/aromatic N) is 2. The SMILES string of the molecule is C=CCN(CC1OC(c2ccc(-c3cccc(CNC(=O)c4cccnc4)c3)cc2)OC(c2ccc(CO)cc2)C1C)C1CCCC1. The van der Waals surface area contributed by atoms with Gasteiger partial charge in [-0.3, -0.25) is 14.7 Å². The maximum Gasteiger partial charge on any atom is 0.253 e. The van der Waals surface area contributed by atoms with E-state index in [4.69, 9.17) is 9.47 Å². The number of aromatic nitrogens is 1. The smallest absolute Gasteiger partial charge is 0.253 e. The molecule has 7 nitrogen and oxygen atoms in total. The Labute approximate surface area is 278 Å². The Morgan fingerprint density at radius 2 is 1.72 bits per heavy atom. The number of aliphatic hydroxyl groups excluding tert-OH is 1. The van der Waals surface area contributed by atoms with Gasteiger partial charge in [-0.25, -0.2) is 0 Å². The Morgan fingerprint density at radius 3 is 2.43 bits per heavy atom. The van der Waals surface area contributed by atoms with Crippen LogP contribution in [-0.4, -0.2) is 46.1 Å². The molecule has 6 rings (SSSR count). The Hall–Kier alpha value is -4.14. The van der Waals surface area contributed by atoms with Gasteiger partial charge in [0.2, 0.25) is 0 Å². The monoisotopic (exact) mass is 631 g/mol. The van der Waals surface area contributed by atoms with Crippen molar-refractivity contribution in [2.75, 3.05) is 13.1 Å². The van der Waals surface area contributed by atoms with E-state index in [9.17, 15) is 9.90 Å². The minimum absolute atomic E-state index is 0.0168. The standard InChI is InChI=1S/C40H45N3O4/c1-3-22-43(36-11-4-5-12-36)26-37-28(2)38(32-15-13-29(27-44)14-16-32)47-40(46-37)33-19-17-31(18-20-33)34-9-6-8-30(23-34)24-42-39(45)35-10-7-21-41-25-35/h3,6-10,13-21,23,25,28,36-38,40,44H,1,4-5,11-12,22,24,26-27H2,2H3,(H,42,45). The van der Waals surface area contributed by atoms with Crippen LogP contribution in [-0.2, 0) is 22.6 Å². The van der Waals surface area contributed by atoms with Crippen molar-refractivity contribution < 1.29 is 19.4 Å². The Kier molecular flexibility index (Phi) is 10.9. The number of carbonyl (C=O) groups is 1. The first kappa shape index (κ1) is 32.8. The second-order valence-electron chi connectivity index (χ2n) is 12.7. The highest BCUT2D eigenvalue weighted by molar-refractivity contribution is 5.93. The molecule has 1 aromatic heterocycles. The molecule has 7 heteroatoms. The molecule has 1 amide bonds. The lowest BCUT2D eigenvalue weighted by Crippen LogP contribution is -2.47. The first-order chi connectivity index (χ1) is 23.0. The summed E-state index contributed by atoms with van der Waals surface area (Å²) in [6.45, 7) is 8.38. The van der Waals surface area contributed by atoms with Gasteiger partial charge in [0.05, 0.1) is 24.4 Å². The number of hydrogen-bond acceptors (Lipinski definition) is 6. The van der Waals surface area contributed by atoms with Crippen LogP contribution in [0, 0.1) is 5.92 Å². The van der Waals surface area contributed by atoms with E-state index in [0.717, 1.165) is 46.5 Å². The van der Waals surface area contributed by atoms with Crippen LogP contribution in [0.4, 0.5) is 0 Å². The summed E-state index contributed by atoms with van der Waals surface area (Å²) < 4.78 is 13.5. The van der Waals surface area contributed by atoms with Crippen molar-refractivity contribution in [2.24, 2.45) is 5.92 Å². The summed E-state index contributed by atoms with van der Waals surface area (Å²) in [6, 6.07) is 28.8.